The molecule has 1 atom stereocenters. The van der Waals surface area contributed by atoms with Crippen LogP contribution in [0.1, 0.15) is 35.7 Å². The van der Waals surface area contributed by atoms with Gasteiger partial charge in [0.25, 0.3) is 5.69 Å². The van der Waals surface area contributed by atoms with Crippen molar-refractivity contribution in [3.8, 4) is 0 Å². The average molecular weight is 372 g/mol. The molecule has 1 heterocycles. The van der Waals surface area contributed by atoms with Crippen LogP contribution in [0.25, 0.3) is 0 Å². The number of rotatable bonds is 5. The van der Waals surface area contributed by atoms with E-state index in [9.17, 15) is 19.3 Å². The highest BCUT2D eigenvalue weighted by Gasteiger charge is 2.25. The van der Waals surface area contributed by atoms with Gasteiger partial charge in [-0.15, -0.1) is 0 Å². The van der Waals surface area contributed by atoms with E-state index in [0.29, 0.717) is 17.2 Å². The Hall–Kier alpha value is -2.96. The number of halogens is 1. The highest BCUT2D eigenvalue weighted by Crippen LogP contribution is 2.32. The minimum absolute atomic E-state index is 0.0295. The van der Waals surface area contributed by atoms with Crippen LogP contribution in [-0.4, -0.2) is 24.0 Å². The van der Waals surface area contributed by atoms with Crippen LogP contribution in [0.3, 0.4) is 0 Å². The number of carbonyl (C=O) groups excluding carboxylic acids is 1. The maximum absolute atomic E-state index is 12.9. The lowest BCUT2D eigenvalue weighted by Crippen LogP contribution is -2.34. The predicted molar refractivity (Wildman–Crippen MR) is 99.2 cm³/mol. The van der Waals surface area contributed by atoms with Gasteiger partial charge in [-0.05, 0) is 48.6 Å². The molecule has 1 aliphatic heterocycles. The van der Waals surface area contributed by atoms with Gasteiger partial charge < -0.3 is 9.64 Å². The van der Waals surface area contributed by atoms with Crippen molar-refractivity contribution in [2.75, 3.05) is 18.0 Å². The van der Waals surface area contributed by atoms with Crippen LogP contribution in [0.2, 0.25) is 0 Å². The highest BCUT2D eigenvalue weighted by molar-refractivity contribution is 5.91. The number of nitro benzene ring substituents is 1. The maximum atomic E-state index is 12.9. The first-order chi connectivity index (χ1) is 12.9. The summed E-state index contributed by atoms with van der Waals surface area (Å²) >= 11 is 0. The monoisotopic (exact) mass is 372 g/mol. The Morgan fingerprint density at radius 1 is 1.30 bits per heavy atom. The predicted octanol–water partition coefficient (Wildman–Crippen LogP) is 4.33. The van der Waals surface area contributed by atoms with Gasteiger partial charge in [-0.2, -0.15) is 0 Å². The van der Waals surface area contributed by atoms with Gasteiger partial charge in [-0.3, -0.25) is 10.1 Å². The summed E-state index contributed by atoms with van der Waals surface area (Å²) in [7, 11) is 0. The molecule has 0 aliphatic carbocycles. The molecule has 0 N–H and O–H groups in total. The van der Waals surface area contributed by atoms with Gasteiger partial charge in [0.05, 0.1) is 10.5 Å². The summed E-state index contributed by atoms with van der Waals surface area (Å²) in [6, 6.07) is 10.0. The van der Waals surface area contributed by atoms with Crippen molar-refractivity contribution in [3.05, 3.63) is 69.5 Å². The van der Waals surface area contributed by atoms with Crippen molar-refractivity contribution in [1.29, 1.82) is 0 Å². The topological polar surface area (TPSA) is 72.7 Å². The molecule has 3 rings (SSSR count). The molecule has 7 heteroatoms. The van der Waals surface area contributed by atoms with Gasteiger partial charge >= 0.3 is 5.97 Å². The third kappa shape index (κ3) is 4.61. The van der Waals surface area contributed by atoms with Crippen LogP contribution in [0.4, 0.5) is 15.8 Å². The van der Waals surface area contributed by atoms with Crippen molar-refractivity contribution in [2.24, 2.45) is 5.92 Å². The Balaban J connectivity index is 1.75. The number of nitro groups is 1. The van der Waals surface area contributed by atoms with E-state index in [1.807, 2.05) is 4.90 Å². The summed E-state index contributed by atoms with van der Waals surface area (Å²) in [5, 5.41) is 11.5. The molecule has 2 aromatic carbocycles. The lowest BCUT2D eigenvalue weighted by Gasteiger charge is -2.32. The molecule has 1 saturated heterocycles. The first kappa shape index (κ1) is 18.8. The minimum Gasteiger partial charge on any atom is -0.457 e. The zero-order chi connectivity index (χ0) is 19.4. The van der Waals surface area contributed by atoms with Crippen LogP contribution in [0, 0.1) is 21.8 Å². The molecule has 0 amide bonds. The van der Waals surface area contributed by atoms with E-state index < -0.39 is 10.9 Å². The zero-order valence-electron chi connectivity index (χ0n) is 15.1. The Bertz CT molecular complexity index is 838. The Morgan fingerprint density at radius 3 is 2.70 bits per heavy atom. The van der Waals surface area contributed by atoms with Crippen molar-refractivity contribution < 1.29 is 18.8 Å². The smallest absolute Gasteiger partial charge is 0.338 e. The number of piperidine rings is 1. The van der Waals surface area contributed by atoms with Gasteiger partial charge in [0.2, 0.25) is 0 Å². The van der Waals surface area contributed by atoms with Gasteiger partial charge in [-0.1, -0.05) is 19.1 Å². The van der Waals surface area contributed by atoms with Crippen molar-refractivity contribution >= 4 is 17.3 Å². The van der Waals surface area contributed by atoms with Gasteiger partial charge in [-0.25, -0.2) is 9.18 Å². The molecular formula is C20H21FN2O4. The van der Waals surface area contributed by atoms with E-state index in [-0.39, 0.29) is 23.7 Å². The fraction of sp³-hybridized carbons (Fsp3) is 0.350. The molecule has 0 spiro atoms. The molecule has 0 saturated carbocycles. The number of hydrogen-bond acceptors (Lipinski definition) is 5. The van der Waals surface area contributed by atoms with E-state index >= 15 is 0 Å². The van der Waals surface area contributed by atoms with Gasteiger partial charge in [0, 0.05) is 19.2 Å². The normalized spacial score (nSPS) is 16.8. The molecular weight excluding hydrogens is 351 g/mol. The van der Waals surface area contributed by atoms with E-state index in [1.54, 1.807) is 12.1 Å². The number of benzene rings is 2. The molecule has 27 heavy (non-hydrogen) atoms. The third-order valence-corrected chi connectivity index (χ3v) is 4.69. The molecule has 1 fully saturated rings. The summed E-state index contributed by atoms with van der Waals surface area (Å²) in [5.74, 6) is -0.553. The Kier molecular flexibility index (Phi) is 5.69. The Labute approximate surface area is 156 Å². The lowest BCUT2D eigenvalue weighted by atomic mass is 9.99. The molecule has 2 aromatic rings. The SMILES string of the molecule is CC1CCCN(c2ccc(C(=O)OCc3ccc(F)cc3)cc2[N+](=O)[O-])C1. The standard InChI is InChI=1S/C20H21FN2O4/c1-14-3-2-10-22(12-14)18-9-6-16(11-19(18)23(25)26)20(24)27-13-15-4-7-17(21)8-5-15/h4-9,11,14H,2-3,10,12-13H2,1H3. The molecule has 0 bridgehead atoms. The fourth-order valence-corrected chi connectivity index (χ4v) is 3.29. The van der Waals surface area contributed by atoms with Crippen molar-refractivity contribution in [1.82, 2.24) is 0 Å². The van der Waals surface area contributed by atoms with Gasteiger partial charge in [0.1, 0.15) is 18.1 Å². The molecule has 1 unspecified atom stereocenters. The number of nitrogens with zero attached hydrogens (tertiary/aromatic N) is 2. The summed E-state index contributed by atoms with van der Waals surface area (Å²) in [4.78, 5) is 25.3. The first-order valence-electron chi connectivity index (χ1n) is 8.89. The zero-order valence-corrected chi connectivity index (χ0v) is 15.1. The van der Waals surface area contributed by atoms with Crippen LogP contribution in [-0.2, 0) is 11.3 Å². The molecule has 6 nitrogen and oxygen atoms in total. The van der Waals surface area contributed by atoms with E-state index in [0.717, 1.165) is 25.9 Å². The summed E-state index contributed by atoms with van der Waals surface area (Å²) in [5.41, 5.74) is 1.19. The van der Waals surface area contributed by atoms with E-state index in [2.05, 4.69) is 6.92 Å². The van der Waals surface area contributed by atoms with Crippen molar-refractivity contribution in [2.45, 2.75) is 26.4 Å². The highest BCUT2D eigenvalue weighted by atomic mass is 19.1. The average Bonchev–Trinajstić information content (AvgIpc) is 2.66. The number of esters is 1. The summed E-state index contributed by atoms with van der Waals surface area (Å²) < 4.78 is 18.1. The number of anilines is 1. The largest absolute Gasteiger partial charge is 0.457 e. The number of carbonyl (C=O) groups is 1. The van der Waals surface area contributed by atoms with Gasteiger partial charge in [0.15, 0.2) is 0 Å². The van der Waals surface area contributed by atoms with Crippen LogP contribution in [0.5, 0.6) is 0 Å². The van der Waals surface area contributed by atoms with Crippen molar-refractivity contribution in [3.63, 3.8) is 0 Å². The van der Waals surface area contributed by atoms with E-state index in [1.165, 1.54) is 30.3 Å². The molecule has 0 radical (unpaired) electrons. The molecule has 142 valence electrons. The summed E-state index contributed by atoms with van der Waals surface area (Å²) in [6.07, 6.45) is 2.10. The lowest BCUT2D eigenvalue weighted by molar-refractivity contribution is -0.384. The van der Waals surface area contributed by atoms with E-state index in [4.69, 9.17) is 4.74 Å². The second-order valence-electron chi connectivity index (χ2n) is 6.86. The minimum atomic E-state index is -0.652. The maximum Gasteiger partial charge on any atom is 0.338 e. The number of ether oxygens (including phenoxy) is 1. The van der Waals surface area contributed by atoms with Crippen LogP contribution >= 0.6 is 0 Å². The first-order valence-corrected chi connectivity index (χ1v) is 8.89. The Morgan fingerprint density at radius 2 is 2.04 bits per heavy atom. The number of hydrogen-bond donors (Lipinski definition) is 0. The second kappa shape index (κ2) is 8.16. The quantitative estimate of drug-likeness (QED) is 0.444. The second-order valence-corrected chi connectivity index (χ2v) is 6.86. The van der Waals surface area contributed by atoms with Crippen LogP contribution < -0.4 is 4.90 Å². The molecule has 1 aliphatic rings. The fourth-order valence-electron chi connectivity index (χ4n) is 3.29. The molecule has 0 aromatic heterocycles. The third-order valence-electron chi connectivity index (χ3n) is 4.69. The van der Waals surface area contributed by atoms with Crippen LogP contribution in [0.15, 0.2) is 42.5 Å². The summed E-state index contributed by atoms with van der Waals surface area (Å²) in [6.45, 7) is 3.62.